The van der Waals surface area contributed by atoms with E-state index in [4.69, 9.17) is 4.74 Å². The number of carbonyl (C=O) groups excluding carboxylic acids is 2. The van der Waals surface area contributed by atoms with Crippen LogP contribution in [0.4, 0.5) is 0 Å². The highest BCUT2D eigenvalue weighted by atomic mass is 32.2. The molecule has 2 rings (SSSR count). The van der Waals surface area contributed by atoms with E-state index in [9.17, 15) is 9.59 Å². The van der Waals surface area contributed by atoms with E-state index in [1.807, 2.05) is 24.3 Å². The van der Waals surface area contributed by atoms with Crippen molar-refractivity contribution in [2.45, 2.75) is 17.7 Å². The van der Waals surface area contributed by atoms with Gasteiger partial charge in [-0.05, 0) is 11.6 Å². The molecule has 2 atom stereocenters. The SMILES string of the molecule is COC(=O)C(C)CN(C)C(=O)C1CSc2ccccc21. The lowest BCUT2D eigenvalue weighted by Crippen LogP contribution is -2.37. The summed E-state index contributed by atoms with van der Waals surface area (Å²) in [5, 5.41) is 0. The van der Waals surface area contributed by atoms with Crippen molar-refractivity contribution in [2.75, 3.05) is 26.5 Å². The predicted molar refractivity (Wildman–Crippen MR) is 78.7 cm³/mol. The number of fused-ring (bicyclic) bond motifs is 1. The zero-order chi connectivity index (χ0) is 14.7. The van der Waals surface area contributed by atoms with Crippen LogP contribution in [0.15, 0.2) is 29.2 Å². The van der Waals surface area contributed by atoms with Crippen LogP contribution < -0.4 is 0 Å². The summed E-state index contributed by atoms with van der Waals surface area (Å²) < 4.78 is 4.69. The van der Waals surface area contributed by atoms with Gasteiger partial charge in [0.25, 0.3) is 0 Å². The fourth-order valence-electron chi connectivity index (χ4n) is 2.41. The quantitative estimate of drug-likeness (QED) is 0.798. The molecular weight excluding hydrogens is 274 g/mol. The number of methoxy groups -OCH3 is 1. The molecule has 1 amide bonds. The molecule has 0 radical (unpaired) electrons. The predicted octanol–water partition coefficient (Wildman–Crippen LogP) is 2.14. The Bertz CT molecular complexity index is 518. The minimum absolute atomic E-state index is 0.0678. The number of ether oxygens (including phenoxy) is 1. The summed E-state index contributed by atoms with van der Waals surface area (Å²) in [5.74, 6) is 0.142. The number of nitrogens with zero attached hydrogens (tertiary/aromatic N) is 1. The number of benzene rings is 1. The molecule has 2 unspecified atom stereocenters. The van der Waals surface area contributed by atoms with Crippen LogP contribution in [0.3, 0.4) is 0 Å². The lowest BCUT2D eigenvalue weighted by molar-refractivity contribution is -0.146. The summed E-state index contributed by atoms with van der Waals surface area (Å²) in [6.07, 6.45) is 0. The topological polar surface area (TPSA) is 46.6 Å². The summed E-state index contributed by atoms with van der Waals surface area (Å²) in [6.45, 7) is 2.15. The van der Waals surface area contributed by atoms with E-state index in [1.54, 1.807) is 30.6 Å². The van der Waals surface area contributed by atoms with Gasteiger partial charge in [0.05, 0.1) is 18.9 Å². The van der Waals surface area contributed by atoms with Crippen LogP contribution in [-0.2, 0) is 14.3 Å². The average Bonchev–Trinajstić information content (AvgIpc) is 2.89. The zero-order valence-electron chi connectivity index (χ0n) is 12.0. The third-order valence-electron chi connectivity index (χ3n) is 3.53. The first-order valence-electron chi connectivity index (χ1n) is 6.59. The van der Waals surface area contributed by atoms with Gasteiger partial charge in [-0.25, -0.2) is 0 Å². The van der Waals surface area contributed by atoms with Crippen LogP contribution in [-0.4, -0.2) is 43.2 Å². The number of rotatable bonds is 4. The second-order valence-electron chi connectivity index (χ2n) is 5.04. The maximum absolute atomic E-state index is 12.5. The van der Waals surface area contributed by atoms with Crippen molar-refractivity contribution in [3.63, 3.8) is 0 Å². The Morgan fingerprint density at radius 2 is 2.15 bits per heavy atom. The van der Waals surface area contributed by atoms with E-state index in [0.29, 0.717) is 6.54 Å². The largest absolute Gasteiger partial charge is 0.469 e. The van der Waals surface area contributed by atoms with Crippen LogP contribution in [0.25, 0.3) is 0 Å². The Labute approximate surface area is 123 Å². The highest BCUT2D eigenvalue weighted by Crippen LogP contribution is 2.40. The first kappa shape index (κ1) is 14.9. The molecule has 0 aromatic heterocycles. The third-order valence-corrected chi connectivity index (χ3v) is 4.71. The molecule has 108 valence electrons. The Kier molecular flexibility index (Phi) is 4.70. The summed E-state index contributed by atoms with van der Waals surface area (Å²) in [7, 11) is 3.11. The van der Waals surface area contributed by atoms with Gasteiger partial charge in [0.2, 0.25) is 5.91 Å². The lowest BCUT2D eigenvalue weighted by atomic mass is 9.99. The summed E-state index contributed by atoms with van der Waals surface area (Å²) in [5.41, 5.74) is 1.10. The van der Waals surface area contributed by atoms with Gasteiger partial charge in [0, 0.05) is 24.2 Å². The van der Waals surface area contributed by atoms with E-state index in [1.165, 1.54) is 12.0 Å². The minimum atomic E-state index is -0.307. The molecule has 4 nitrogen and oxygen atoms in total. The van der Waals surface area contributed by atoms with Gasteiger partial charge in [-0.15, -0.1) is 11.8 Å². The Morgan fingerprint density at radius 3 is 2.85 bits per heavy atom. The number of hydrogen-bond acceptors (Lipinski definition) is 4. The molecule has 1 aliphatic rings. The second-order valence-corrected chi connectivity index (χ2v) is 6.11. The van der Waals surface area contributed by atoms with E-state index < -0.39 is 0 Å². The van der Waals surface area contributed by atoms with Crippen molar-refractivity contribution in [1.29, 1.82) is 0 Å². The first-order chi connectivity index (χ1) is 9.54. The van der Waals surface area contributed by atoms with Crippen LogP contribution in [0, 0.1) is 5.92 Å². The van der Waals surface area contributed by atoms with Crippen molar-refractivity contribution >= 4 is 23.6 Å². The van der Waals surface area contributed by atoms with Crippen molar-refractivity contribution in [3.8, 4) is 0 Å². The maximum atomic E-state index is 12.5. The number of likely N-dealkylation sites (N-methyl/N-ethyl adjacent to an activating group) is 1. The van der Waals surface area contributed by atoms with Crippen LogP contribution in [0.1, 0.15) is 18.4 Å². The molecule has 1 aromatic rings. The normalized spacial score (nSPS) is 18.2. The summed E-state index contributed by atoms with van der Waals surface area (Å²) in [6, 6.07) is 8.00. The molecule has 20 heavy (non-hydrogen) atoms. The van der Waals surface area contributed by atoms with Gasteiger partial charge in [0.1, 0.15) is 0 Å². The molecule has 0 aliphatic carbocycles. The Morgan fingerprint density at radius 1 is 1.45 bits per heavy atom. The minimum Gasteiger partial charge on any atom is -0.469 e. The number of esters is 1. The monoisotopic (exact) mass is 293 g/mol. The maximum Gasteiger partial charge on any atom is 0.310 e. The third kappa shape index (κ3) is 2.98. The van der Waals surface area contributed by atoms with E-state index >= 15 is 0 Å². The summed E-state index contributed by atoms with van der Waals surface area (Å²) in [4.78, 5) is 26.8. The Balaban J connectivity index is 2.04. The van der Waals surface area contributed by atoms with E-state index in [-0.39, 0.29) is 23.7 Å². The molecule has 0 fully saturated rings. The highest BCUT2D eigenvalue weighted by Gasteiger charge is 2.31. The summed E-state index contributed by atoms with van der Waals surface area (Å²) >= 11 is 1.71. The lowest BCUT2D eigenvalue weighted by Gasteiger charge is -2.23. The molecule has 0 saturated carbocycles. The van der Waals surface area contributed by atoms with Crippen molar-refractivity contribution < 1.29 is 14.3 Å². The number of thioether (sulfide) groups is 1. The highest BCUT2D eigenvalue weighted by molar-refractivity contribution is 7.99. The fourth-order valence-corrected chi connectivity index (χ4v) is 3.63. The molecule has 0 N–H and O–H groups in total. The zero-order valence-corrected chi connectivity index (χ0v) is 12.8. The molecular formula is C15H19NO3S. The molecule has 1 heterocycles. The second kappa shape index (κ2) is 6.31. The number of carbonyl (C=O) groups is 2. The molecule has 0 bridgehead atoms. The van der Waals surface area contributed by atoms with E-state index in [2.05, 4.69) is 0 Å². The van der Waals surface area contributed by atoms with Gasteiger partial charge >= 0.3 is 5.97 Å². The number of hydrogen-bond donors (Lipinski definition) is 0. The van der Waals surface area contributed by atoms with Gasteiger partial charge in [-0.3, -0.25) is 9.59 Å². The van der Waals surface area contributed by atoms with Crippen molar-refractivity contribution in [2.24, 2.45) is 5.92 Å². The molecule has 0 spiro atoms. The molecule has 1 aliphatic heterocycles. The molecule has 0 saturated heterocycles. The Hall–Kier alpha value is -1.49. The van der Waals surface area contributed by atoms with Crippen LogP contribution >= 0.6 is 11.8 Å². The van der Waals surface area contributed by atoms with Crippen LogP contribution in [0.5, 0.6) is 0 Å². The standard InChI is InChI=1S/C15H19NO3S/c1-10(15(18)19-3)8-16(2)14(17)12-9-20-13-7-5-4-6-11(12)13/h4-7,10,12H,8-9H2,1-3H3. The molecule has 5 heteroatoms. The van der Waals surface area contributed by atoms with Crippen molar-refractivity contribution in [3.05, 3.63) is 29.8 Å². The van der Waals surface area contributed by atoms with Crippen molar-refractivity contribution in [1.82, 2.24) is 4.90 Å². The van der Waals surface area contributed by atoms with Gasteiger partial charge in [-0.1, -0.05) is 25.1 Å². The average molecular weight is 293 g/mol. The van der Waals surface area contributed by atoms with Gasteiger partial charge < -0.3 is 9.64 Å². The first-order valence-corrected chi connectivity index (χ1v) is 7.57. The smallest absolute Gasteiger partial charge is 0.310 e. The van der Waals surface area contributed by atoms with Gasteiger partial charge in [-0.2, -0.15) is 0 Å². The van der Waals surface area contributed by atoms with Gasteiger partial charge in [0.15, 0.2) is 0 Å². The van der Waals surface area contributed by atoms with Crippen LogP contribution in [0.2, 0.25) is 0 Å². The molecule has 1 aromatic carbocycles. The fraction of sp³-hybridized carbons (Fsp3) is 0.467. The van der Waals surface area contributed by atoms with E-state index in [0.717, 1.165) is 11.3 Å². The number of amides is 1.